The second-order valence-electron chi connectivity index (χ2n) is 12.0. The quantitative estimate of drug-likeness (QED) is 0.107. The van der Waals surface area contributed by atoms with E-state index in [1.54, 1.807) is 0 Å². The van der Waals surface area contributed by atoms with Crippen LogP contribution in [0.1, 0.15) is 26.2 Å². The minimum absolute atomic E-state index is 0.00589. The Morgan fingerprint density at radius 2 is 1.47 bits per heavy atom. The normalized spacial score (nSPS) is 50.6. The second-order valence-corrected chi connectivity index (χ2v) is 12.0. The molecule has 0 spiro atoms. The molecule has 0 aromatic rings. The lowest BCUT2D eigenvalue weighted by atomic mass is 9.75. The first-order valence-electron chi connectivity index (χ1n) is 14.5. The highest BCUT2D eigenvalue weighted by molar-refractivity contribution is 5.86. The monoisotopic (exact) mass is 625 g/mol. The van der Waals surface area contributed by atoms with Gasteiger partial charge in [0, 0.05) is 31.5 Å². The van der Waals surface area contributed by atoms with Crippen LogP contribution in [0.15, 0.2) is 0 Å². The van der Waals surface area contributed by atoms with Crippen molar-refractivity contribution in [3.05, 3.63) is 0 Å². The van der Waals surface area contributed by atoms with E-state index in [0.717, 1.165) is 0 Å². The maximum absolute atomic E-state index is 13.0. The highest BCUT2D eigenvalue weighted by Gasteiger charge is 2.54. The number of ether oxygens (including phenoxy) is 4. The second kappa shape index (κ2) is 14.1. The molecule has 0 aromatic heterocycles. The van der Waals surface area contributed by atoms with Crippen LogP contribution >= 0.6 is 0 Å². The smallest absolute Gasteiger partial charge is 0.252 e. The molecule has 18 heteroatoms. The van der Waals surface area contributed by atoms with E-state index in [0.29, 0.717) is 6.54 Å². The van der Waals surface area contributed by atoms with Crippen LogP contribution in [0.4, 0.5) is 0 Å². The molecule has 4 aliphatic rings. The minimum atomic E-state index is -1.75. The summed E-state index contributed by atoms with van der Waals surface area (Å²) in [5.41, 5.74) is 16.3. The molecule has 18 nitrogen and oxygen atoms in total. The minimum Gasteiger partial charge on any atom is -0.394 e. The van der Waals surface area contributed by atoms with Crippen LogP contribution in [-0.4, -0.2) is 170 Å². The molecule has 16 N–H and O–H groups in total. The summed E-state index contributed by atoms with van der Waals surface area (Å²) in [6, 6.07) is -3.79. The highest BCUT2D eigenvalue weighted by Crippen LogP contribution is 2.34. The van der Waals surface area contributed by atoms with Gasteiger partial charge in [0.2, 0.25) is 0 Å². The number of nitrogens with one attached hydrogen (secondary N) is 2. The lowest BCUT2D eigenvalue weighted by molar-refractivity contribution is -0.333. The zero-order valence-electron chi connectivity index (χ0n) is 23.8. The van der Waals surface area contributed by atoms with Crippen molar-refractivity contribution in [3.63, 3.8) is 0 Å². The van der Waals surface area contributed by atoms with Crippen LogP contribution < -0.4 is 27.8 Å². The number of likely N-dealkylation sites (N-methyl/N-ethyl adjacent to an activating group) is 1. The van der Waals surface area contributed by atoms with E-state index in [9.17, 15) is 45.6 Å². The summed E-state index contributed by atoms with van der Waals surface area (Å²) in [7, 11) is 0. The fourth-order valence-electron chi connectivity index (χ4n) is 6.06. The van der Waals surface area contributed by atoms with E-state index in [1.165, 1.54) is 0 Å². The average Bonchev–Trinajstić information content (AvgIpc) is 2.95. The third-order valence-corrected chi connectivity index (χ3v) is 8.74. The number of aliphatic hydroxyl groups excluding tert-OH is 7. The highest BCUT2D eigenvalue weighted by atomic mass is 16.7. The van der Waals surface area contributed by atoms with E-state index < -0.39 is 110 Å². The van der Waals surface area contributed by atoms with Gasteiger partial charge in [0.25, 0.3) is 5.91 Å². The summed E-state index contributed by atoms with van der Waals surface area (Å²) < 4.78 is 23.0. The van der Waals surface area contributed by atoms with E-state index in [-0.39, 0.29) is 31.8 Å². The molecule has 1 amide bonds. The summed E-state index contributed by atoms with van der Waals surface area (Å²) in [5.74, 6) is -0.786. The van der Waals surface area contributed by atoms with Gasteiger partial charge < -0.3 is 87.6 Å². The SMILES string of the molecule is CCNC[C@H]1O[C@H](O[C@H]2[C@H](O)[C@@H](O[C@H]3O[C@H](CO)[C@@H](O)[C@H](N)[C@H]3O)[C@H](NC(=O)C3(O)CC(N)C3)C[C@@H]2N)[C@H](O)[C@@H](O)[C@@H]1O. The lowest BCUT2D eigenvalue weighted by Gasteiger charge is -2.49. The van der Waals surface area contributed by atoms with Gasteiger partial charge in [0.15, 0.2) is 12.6 Å². The van der Waals surface area contributed by atoms with Crippen LogP contribution in [0.5, 0.6) is 0 Å². The van der Waals surface area contributed by atoms with Gasteiger partial charge in [0.05, 0.1) is 18.7 Å². The van der Waals surface area contributed by atoms with Gasteiger partial charge in [-0.1, -0.05) is 6.92 Å². The molecule has 0 unspecified atom stereocenters. The number of carbonyl (C=O) groups excluding carboxylic acids is 1. The van der Waals surface area contributed by atoms with Crippen molar-refractivity contribution in [2.75, 3.05) is 19.7 Å². The Bertz CT molecular complexity index is 932. The molecule has 0 radical (unpaired) electrons. The zero-order chi connectivity index (χ0) is 31.8. The third-order valence-electron chi connectivity index (χ3n) is 8.74. The molecule has 43 heavy (non-hydrogen) atoms. The fourth-order valence-corrected chi connectivity index (χ4v) is 6.06. The Labute approximate surface area is 248 Å². The van der Waals surface area contributed by atoms with Gasteiger partial charge in [-0.15, -0.1) is 0 Å². The van der Waals surface area contributed by atoms with Gasteiger partial charge >= 0.3 is 0 Å². The predicted molar refractivity (Wildman–Crippen MR) is 143 cm³/mol. The number of hydrogen-bond donors (Lipinski definition) is 13. The maximum Gasteiger partial charge on any atom is 0.252 e. The molecule has 2 saturated heterocycles. The van der Waals surface area contributed by atoms with Gasteiger partial charge in [-0.25, -0.2) is 0 Å². The van der Waals surface area contributed by atoms with Crippen molar-refractivity contribution < 1.29 is 64.6 Å². The van der Waals surface area contributed by atoms with E-state index >= 15 is 0 Å². The van der Waals surface area contributed by atoms with Crippen molar-refractivity contribution in [2.45, 2.75) is 130 Å². The van der Waals surface area contributed by atoms with Crippen molar-refractivity contribution in [1.82, 2.24) is 10.6 Å². The van der Waals surface area contributed by atoms with Crippen LogP contribution in [0.2, 0.25) is 0 Å². The largest absolute Gasteiger partial charge is 0.394 e. The first-order valence-corrected chi connectivity index (χ1v) is 14.5. The van der Waals surface area contributed by atoms with Gasteiger partial charge in [-0.3, -0.25) is 4.79 Å². The van der Waals surface area contributed by atoms with E-state index in [4.69, 9.17) is 36.1 Å². The molecule has 15 atom stereocenters. The maximum atomic E-state index is 13.0. The average molecular weight is 626 g/mol. The molecule has 250 valence electrons. The van der Waals surface area contributed by atoms with Crippen LogP contribution in [0.3, 0.4) is 0 Å². The summed E-state index contributed by atoms with van der Waals surface area (Å²) in [5, 5.41) is 89.6. The van der Waals surface area contributed by atoms with Crippen molar-refractivity contribution in [2.24, 2.45) is 17.2 Å². The predicted octanol–water partition coefficient (Wildman–Crippen LogP) is -7.63. The van der Waals surface area contributed by atoms with Crippen molar-refractivity contribution in [1.29, 1.82) is 0 Å². The summed E-state index contributed by atoms with van der Waals surface area (Å²) >= 11 is 0. The Morgan fingerprint density at radius 3 is 2.07 bits per heavy atom. The molecular weight excluding hydrogens is 578 g/mol. The number of aliphatic hydroxyl groups is 8. The molecule has 0 aromatic carbocycles. The Hall–Kier alpha value is -1.17. The van der Waals surface area contributed by atoms with Crippen molar-refractivity contribution >= 4 is 5.91 Å². The Kier molecular flexibility index (Phi) is 11.4. The molecule has 2 aliphatic carbocycles. The number of nitrogens with two attached hydrogens (primary N) is 3. The molecule has 2 aliphatic heterocycles. The number of rotatable bonds is 10. The van der Waals surface area contributed by atoms with Crippen molar-refractivity contribution in [3.8, 4) is 0 Å². The van der Waals surface area contributed by atoms with Crippen LogP contribution in [0, 0.1) is 0 Å². The van der Waals surface area contributed by atoms with E-state index in [1.807, 2.05) is 6.92 Å². The van der Waals surface area contributed by atoms with Gasteiger partial charge in [0.1, 0.15) is 66.6 Å². The Balaban J connectivity index is 1.55. The molecular formula is C25H47N5O13. The van der Waals surface area contributed by atoms with Gasteiger partial charge in [-0.2, -0.15) is 0 Å². The lowest BCUT2D eigenvalue weighted by Crippen LogP contribution is -2.71. The van der Waals surface area contributed by atoms with E-state index in [2.05, 4.69) is 10.6 Å². The van der Waals surface area contributed by atoms with Crippen LogP contribution in [-0.2, 0) is 23.7 Å². The van der Waals surface area contributed by atoms with Crippen LogP contribution in [0.25, 0.3) is 0 Å². The molecule has 0 bridgehead atoms. The summed E-state index contributed by atoms with van der Waals surface area (Å²) in [6.45, 7) is 1.80. The zero-order valence-corrected chi connectivity index (χ0v) is 23.8. The fraction of sp³-hybridized carbons (Fsp3) is 0.960. The first kappa shape index (κ1) is 34.7. The topological polar surface area (TPSA) is 318 Å². The summed E-state index contributed by atoms with van der Waals surface area (Å²) in [6.07, 6.45) is -17.8. The number of hydrogen-bond acceptors (Lipinski definition) is 17. The first-order chi connectivity index (χ1) is 20.2. The third kappa shape index (κ3) is 7.14. The standard InChI is InChI=1S/C25H47N5O13/c1-2-29-6-11-15(33)17(35)18(36)23(40-11)42-20-9(27)3-10(30-24(38)25(39)4-8(26)5-25)21(19(20)37)43-22-16(34)13(28)14(32)12(7-31)41-22/h8-23,29,31-37,39H,2-7,26-28H2,1H3,(H,30,38)/t8?,9-,10+,11+,12+,13-,14+,15+,16+,17-,18+,19-,20+,21-,22+,23+,25?/m0/s1. The molecule has 2 saturated carbocycles. The van der Waals surface area contributed by atoms with Gasteiger partial charge in [-0.05, 0) is 13.0 Å². The summed E-state index contributed by atoms with van der Waals surface area (Å²) in [4.78, 5) is 13.0. The number of carbonyl (C=O) groups is 1. The molecule has 2 heterocycles. The molecule has 4 fully saturated rings. The Morgan fingerprint density at radius 1 is 0.860 bits per heavy atom. The number of amides is 1. The molecule has 4 rings (SSSR count).